The third-order valence-corrected chi connectivity index (χ3v) is 4.32. The van der Waals surface area contributed by atoms with E-state index in [0.29, 0.717) is 11.5 Å². The van der Waals surface area contributed by atoms with Crippen molar-refractivity contribution >= 4 is 28.5 Å². The molecule has 0 N–H and O–H groups in total. The summed E-state index contributed by atoms with van der Waals surface area (Å²) in [7, 11) is 0. The van der Waals surface area contributed by atoms with Crippen LogP contribution in [0.1, 0.15) is 24.4 Å². The molecule has 0 aliphatic heterocycles. The molecule has 2 rings (SSSR count). The van der Waals surface area contributed by atoms with Gasteiger partial charge in [0.05, 0.1) is 5.75 Å². The molecule has 4 heteroatoms. The van der Waals surface area contributed by atoms with Gasteiger partial charge in [0.1, 0.15) is 5.58 Å². The molecule has 0 saturated carbocycles. The molecule has 108 valence electrons. The van der Waals surface area contributed by atoms with Crippen molar-refractivity contribution in [3.05, 3.63) is 36.1 Å². The van der Waals surface area contributed by atoms with Crippen molar-refractivity contribution in [3.63, 3.8) is 0 Å². The van der Waals surface area contributed by atoms with E-state index in [2.05, 4.69) is 18.7 Å². The first-order valence-electron chi connectivity index (χ1n) is 7.06. The van der Waals surface area contributed by atoms with Crippen molar-refractivity contribution in [3.8, 4) is 0 Å². The SMILES string of the molecule is CCN(CC)CCSCC(=O)c1cc2ccccc2o1. The highest BCUT2D eigenvalue weighted by atomic mass is 32.2. The topological polar surface area (TPSA) is 33.5 Å². The fraction of sp³-hybridized carbons (Fsp3) is 0.438. The number of furan rings is 1. The Morgan fingerprint density at radius 1 is 1.25 bits per heavy atom. The molecule has 0 saturated heterocycles. The Labute approximate surface area is 124 Å². The first kappa shape index (κ1) is 15.1. The Kier molecular flexibility index (Phi) is 5.68. The maximum Gasteiger partial charge on any atom is 0.207 e. The highest BCUT2D eigenvalue weighted by Gasteiger charge is 2.12. The average Bonchev–Trinajstić information content (AvgIpc) is 2.91. The fourth-order valence-electron chi connectivity index (χ4n) is 2.09. The van der Waals surface area contributed by atoms with Crippen LogP contribution in [0.3, 0.4) is 0 Å². The van der Waals surface area contributed by atoms with Crippen molar-refractivity contribution in [2.24, 2.45) is 0 Å². The number of hydrogen-bond donors (Lipinski definition) is 0. The van der Waals surface area contributed by atoms with Gasteiger partial charge in [0, 0.05) is 17.7 Å². The molecular formula is C16H21NO2S. The number of nitrogens with zero attached hydrogens (tertiary/aromatic N) is 1. The first-order chi connectivity index (χ1) is 9.74. The smallest absolute Gasteiger partial charge is 0.207 e. The maximum atomic E-state index is 12.1. The molecule has 0 fully saturated rings. The molecule has 3 nitrogen and oxygen atoms in total. The molecule has 0 spiro atoms. The second-order valence-electron chi connectivity index (χ2n) is 4.65. The lowest BCUT2D eigenvalue weighted by molar-refractivity contribution is 0.0994. The minimum atomic E-state index is 0.0748. The molecule has 0 aliphatic carbocycles. The minimum absolute atomic E-state index is 0.0748. The van der Waals surface area contributed by atoms with Gasteiger partial charge in [0.25, 0.3) is 0 Å². The number of carbonyl (C=O) groups excluding carboxylic acids is 1. The zero-order chi connectivity index (χ0) is 14.4. The van der Waals surface area contributed by atoms with Gasteiger partial charge in [0.15, 0.2) is 5.76 Å². The van der Waals surface area contributed by atoms with E-state index in [1.807, 2.05) is 30.3 Å². The van der Waals surface area contributed by atoms with Gasteiger partial charge in [-0.05, 0) is 25.2 Å². The zero-order valence-electron chi connectivity index (χ0n) is 12.1. The van der Waals surface area contributed by atoms with Crippen molar-refractivity contribution in [2.45, 2.75) is 13.8 Å². The Morgan fingerprint density at radius 2 is 2.00 bits per heavy atom. The van der Waals surface area contributed by atoms with Gasteiger partial charge < -0.3 is 9.32 Å². The van der Waals surface area contributed by atoms with E-state index in [9.17, 15) is 4.79 Å². The summed E-state index contributed by atoms with van der Waals surface area (Å²) in [4.78, 5) is 14.4. The van der Waals surface area contributed by atoms with Gasteiger partial charge in [0.2, 0.25) is 5.78 Å². The number of thioether (sulfide) groups is 1. The summed E-state index contributed by atoms with van der Waals surface area (Å²) < 4.78 is 5.58. The summed E-state index contributed by atoms with van der Waals surface area (Å²) in [6, 6.07) is 9.55. The van der Waals surface area contributed by atoms with E-state index in [1.54, 1.807) is 11.8 Å². The number of benzene rings is 1. The Bertz CT molecular complexity index is 527. The van der Waals surface area contributed by atoms with Crippen molar-refractivity contribution in [2.75, 3.05) is 31.1 Å². The van der Waals surface area contributed by atoms with Gasteiger partial charge in [-0.3, -0.25) is 4.79 Å². The summed E-state index contributed by atoms with van der Waals surface area (Å²) in [5.74, 6) is 2.02. The van der Waals surface area contributed by atoms with Crippen LogP contribution in [0, 0.1) is 0 Å². The van der Waals surface area contributed by atoms with E-state index in [4.69, 9.17) is 4.42 Å². The lowest BCUT2D eigenvalue weighted by Crippen LogP contribution is -2.25. The third kappa shape index (κ3) is 3.87. The Hall–Kier alpha value is -1.26. The predicted molar refractivity (Wildman–Crippen MR) is 85.7 cm³/mol. The Morgan fingerprint density at radius 3 is 2.70 bits per heavy atom. The molecule has 20 heavy (non-hydrogen) atoms. The number of ketones is 1. The number of carbonyl (C=O) groups is 1. The van der Waals surface area contributed by atoms with Crippen LogP contribution in [-0.2, 0) is 0 Å². The normalized spacial score (nSPS) is 11.3. The van der Waals surface area contributed by atoms with E-state index in [0.717, 1.165) is 36.4 Å². The summed E-state index contributed by atoms with van der Waals surface area (Å²) >= 11 is 1.67. The average molecular weight is 291 g/mol. The second-order valence-corrected chi connectivity index (χ2v) is 5.76. The number of hydrogen-bond acceptors (Lipinski definition) is 4. The molecule has 2 aromatic rings. The van der Waals surface area contributed by atoms with Gasteiger partial charge in [-0.2, -0.15) is 11.8 Å². The van der Waals surface area contributed by atoms with Gasteiger partial charge in [-0.1, -0.05) is 32.0 Å². The zero-order valence-corrected chi connectivity index (χ0v) is 12.9. The number of rotatable bonds is 8. The molecular weight excluding hydrogens is 270 g/mol. The van der Waals surface area contributed by atoms with Crippen LogP contribution in [0.15, 0.2) is 34.7 Å². The van der Waals surface area contributed by atoms with Crippen LogP contribution in [0.2, 0.25) is 0 Å². The molecule has 1 heterocycles. The molecule has 1 aromatic carbocycles. The number of fused-ring (bicyclic) bond motifs is 1. The predicted octanol–water partition coefficient (Wildman–Crippen LogP) is 3.69. The number of para-hydroxylation sites is 1. The molecule has 0 aliphatic rings. The van der Waals surface area contributed by atoms with Crippen molar-refractivity contribution in [1.29, 1.82) is 0 Å². The van der Waals surface area contributed by atoms with E-state index in [1.165, 1.54) is 0 Å². The van der Waals surface area contributed by atoms with Gasteiger partial charge in [-0.25, -0.2) is 0 Å². The van der Waals surface area contributed by atoms with E-state index < -0.39 is 0 Å². The van der Waals surface area contributed by atoms with Crippen LogP contribution < -0.4 is 0 Å². The third-order valence-electron chi connectivity index (χ3n) is 3.38. The summed E-state index contributed by atoms with van der Waals surface area (Å²) in [5.41, 5.74) is 0.781. The van der Waals surface area contributed by atoms with Gasteiger partial charge in [-0.15, -0.1) is 0 Å². The standard InChI is InChI=1S/C16H21NO2S/c1-3-17(4-2)9-10-20-12-14(18)16-11-13-7-5-6-8-15(13)19-16/h5-8,11H,3-4,9-10,12H2,1-2H3. The Balaban J connectivity index is 1.83. The van der Waals surface area contributed by atoms with Crippen LogP contribution >= 0.6 is 11.8 Å². The van der Waals surface area contributed by atoms with Crippen molar-refractivity contribution < 1.29 is 9.21 Å². The molecule has 0 amide bonds. The first-order valence-corrected chi connectivity index (χ1v) is 8.22. The van der Waals surface area contributed by atoms with Crippen LogP contribution in [-0.4, -0.2) is 41.8 Å². The second kappa shape index (κ2) is 7.50. The number of Topliss-reactive ketones (excluding diaryl/α,β-unsaturated/α-hetero) is 1. The summed E-state index contributed by atoms with van der Waals surface area (Å²) in [5, 5.41) is 0.990. The van der Waals surface area contributed by atoms with Crippen molar-refractivity contribution in [1.82, 2.24) is 4.90 Å². The van der Waals surface area contributed by atoms with Crippen LogP contribution in [0.4, 0.5) is 0 Å². The lowest BCUT2D eigenvalue weighted by Gasteiger charge is -2.16. The molecule has 0 radical (unpaired) electrons. The largest absolute Gasteiger partial charge is 0.453 e. The molecule has 0 bridgehead atoms. The highest BCUT2D eigenvalue weighted by molar-refractivity contribution is 8.00. The van der Waals surface area contributed by atoms with Gasteiger partial charge >= 0.3 is 0 Å². The highest BCUT2D eigenvalue weighted by Crippen LogP contribution is 2.20. The van der Waals surface area contributed by atoms with E-state index >= 15 is 0 Å². The van der Waals surface area contributed by atoms with Crippen LogP contribution in [0.25, 0.3) is 11.0 Å². The lowest BCUT2D eigenvalue weighted by atomic mass is 10.2. The molecule has 1 aromatic heterocycles. The monoisotopic (exact) mass is 291 g/mol. The molecule has 0 atom stereocenters. The minimum Gasteiger partial charge on any atom is -0.453 e. The maximum absolute atomic E-state index is 12.1. The summed E-state index contributed by atoms with van der Waals surface area (Å²) in [6.45, 7) is 7.48. The van der Waals surface area contributed by atoms with Crippen LogP contribution in [0.5, 0.6) is 0 Å². The quantitative estimate of drug-likeness (QED) is 0.548. The molecule has 0 unspecified atom stereocenters. The summed E-state index contributed by atoms with van der Waals surface area (Å²) in [6.07, 6.45) is 0. The fourth-order valence-corrected chi connectivity index (χ4v) is 2.95. The van der Waals surface area contributed by atoms with E-state index in [-0.39, 0.29) is 5.78 Å².